The summed E-state index contributed by atoms with van der Waals surface area (Å²) < 4.78 is 25.8. The Balaban J connectivity index is 1.95. The number of aliphatic hydroxyl groups excluding tert-OH is 5. The van der Waals surface area contributed by atoms with Gasteiger partial charge >= 0.3 is 5.97 Å². The zero-order valence-electron chi connectivity index (χ0n) is 35.3. The van der Waals surface area contributed by atoms with Crippen molar-refractivity contribution in [3.63, 3.8) is 0 Å². The van der Waals surface area contributed by atoms with Crippen molar-refractivity contribution >= 4 is 5.97 Å². The highest BCUT2D eigenvalue weighted by molar-refractivity contribution is 5.82. The Kier molecular flexibility index (Phi) is 20.6. The number of unbranched alkanes of at least 4 members (excludes halogenated alkanes) is 1. The lowest BCUT2D eigenvalue weighted by molar-refractivity contribution is -0.349. The summed E-state index contributed by atoms with van der Waals surface area (Å²) in [4.78, 5) is 13.6. The summed E-state index contributed by atoms with van der Waals surface area (Å²) in [5.41, 5.74) is 0. The molecule has 0 aromatic rings. The number of hydrogen-bond donors (Lipinski definition) is 5. The van der Waals surface area contributed by atoms with Gasteiger partial charge in [0.2, 0.25) is 0 Å². The molecule has 0 aromatic heterocycles. The second-order valence-corrected chi connectivity index (χ2v) is 17.4. The average molecular weight is 779 g/mol. The van der Waals surface area contributed by atoms with Gasteiger partial charge in [-0.1, -0.05) is 84.8 Å². The Labute approximate surface area is 332 Å². The van der Waals surface area contributed by atoms with E-state index in [-0.39, 0.29) is 42.8 Å². The van der Waals surface area contributed by atoms with Crippen LogP contribution in [0.2, 0.25) is 0 Å². The molecule has 55 heavy (non-hydrogen) atoms. The van der Waals surface area contributed by atoms with E-state index in [4.69, 9.17) is 18.9 Å². The number of ether oxygens (including phenoxy) is 4. The van der Waals surface area contributed by atoms with Gasteiger partial charge in [-0.2, -0.15) is 0 Å². The van der Waals surface area contributed by atoms with Crippen molar-refractivity contribution in [2.75, 3.05) is 7.11 Å². The first-order chi connectivity index (χ1) is 26.1. The maximum Gasteiger partial charge on any atom is 0.330 e. The predicted molar refractivity (Wildman–Crippen MR) is 216 cm³/mol. The Bertz CT molecular complexity index is 1190. The van der Waals surface area contributed by atoms with Crippen LogP contribution in [0.3, 0.4) is 0 Å². The molecule has 2 saturated heterocycles. The molecule has 0 radical (unpaired) electrons. The van der Waals surface area contributed by atoms with Gasteiger partial charge < -0.3 is 44.5 Å². The van der Waals surface area contributed by atoms with Crippen molar-refractivity contribution < 1.29 is 49.3 Å². The van der Waals surface area contributed by atoms with Crippen LogP contribution in [0.4, 0.5) is 0 Å². The fourth-order valence-corrected chi connectivity index (χ4v) is 8.75. The average Bonchev–Trinajstić information content (AvgIpc) is 3.15. The van der Waals surface area contributed by atoms with E-state index in [1.54, 1.807) is 19.9 Å². The van der Waals surface area contributed by atoms with E-state index in [0.717, 1.165) is 44.9 Å². The van der Waals surface area contributed by atoms with Gasteiger partial charge in [-0.15, -0.1) is 0 Å². The molecule has 5 N–H and O–H groups in total. The predicted octanol–water partition coefficient (Wildman–Crippen LogP) is 7.19. The molecule has 3 heterocycles. The Morgan fingerprint density at radius 1 is 0.891 bits per heavy atom. The summed E-state index contributed by atoms with van der Waals surface area (Å²) in [5.74, 6) is -2.21. The van der Waals surface area contributed by atoms with E-state index < -0.39 is 66.3 Å². The molecule has 0 unspecified atom stereocenters. The number of carbonyl (C=O) groups excluding carboxylic acids is 1. The molecule has 3 aliphatic heterocycles. The molecule has 2 bridgehead atoms. The Morgan fingerprint density at radius 2 is 1.60 bits per heavy atom. The minimum Gasteiger partial charge on any atom is -0.459 e. The molecule has 2 fully saturated rings. The SMILES string of the molecule is CCCC[C@H]1[C@@H]2C[C@@]3(CC[C@H](C)[C@H](C[C@@H](C)O)O3)O[C@H]1CC[C@@H](CC)C=CC=CCC[C@@H](O)[C@@H](C)[C@@H](O)C[C@@H](OC)C[C@@H](O)[C@H](C)[C@H](O)[C@@H](C)C=CC(=O)O2. The topological polar surface area (TPSA) is 155 Å². The summed E-state index contributed by atoms with van der Waals surface area (Å²) in [7, 11) is 1.54. The van der Waals surface area contributed by atoms with Gasteiger partial charge in [0.15, 0.2) is 5.79 Å². The zero-order valence-corrected chi connectivity index (χ0v) is 35.3. The number of esters is 1. The van der Waals surface area contributed by atoms with Gasteiger partial charge in [-0.05, 0) is 83.0 Å². The molecule has 10 nitrogen and oxygen atoms in total. The largest absolute Gasteiger partial charge is 0.459 e. The minimum absolute atomic E-state index is 0.0136. The second kappa shape index (κ2) is 23.7. The first kappa shape index (κ1) is 47.7. The second-order valence-electron chi connectivity index (χ2n) is 17.4. The Hall–Kier alpha value is -1.63. The van der Waals surface area contributed by atoms with E-state index in [2.05, 4.69) is 32.9 Å². The van der Waals surface area contributed by atoms with Crippen molar-refractivity contribution in [1.29, 1.82) is 0 Å². The molecule has 0 saturated carbocycles. The summed E-state index contributed by atoms with van der Waals surface area (Å²) in [6.45, 7) is 13.7. The van der Waals surface area contributed by atoms with Crippen LogP contribution < -0.4 is 0 Å². The van der Waals surface area contributed by atoms with Crippen molar-refractivity contribution in [2.24, 2.45) is 35.5 Å². The summed E-state index contributed by atoms with van der Waals surface area (Å²) in [6.07, 6.45) is 15.9. The zero-order chi connectivity index (χ0) is 40.7. The fraction of sp³-hybridized carbons (Fsp3) is 0.844. The van der Waals surface area contributed by atoms with Crippen molar-refractivity contribution in [1.82, 2.24) is 0 Å². The van der Waals surface area contributed by atoms with E-state index in [0.29, 0.717) is 38.0 Å². The lowest BCUT2D eigenvalue weighted by Gasteiger charge is -2.52. The number of methoxy groups -OCH3 is 1. The van der Waals surface area contributed by atoms with Crippen LogP contribution in [0.15, 0.2) is 36.5 Å². The van der Waals surface area contributed by atoms with Crippen LogP contribution in [-0.2, 0) is 23.7 Å². The molecule has 16 atom stereocenters. The summed E-state index contributed by atoms with van der Waals surface area (Å²) >= 11 is 0. The van der Waals surface area contributed by atoms with Crippen LogP contribution in [0.25, 0.3) is 0 Å². The number of rotatable bonds is 7. The van der Waals surface area contributed by atoms with Crippen LogP contribution in [0.1, 0.15) is 138 Å². The van der Waals surface area contributed by atoms with E-state index >= 15 is 0 Å². The molecule has 3 rings (SSSR count). The van der Waals surface area contributed by atoms with Crippen molar-refractivity contribution in [3.8, 4) is 0 Å². The van der Waals surface area contributed by atoms with Crippen LogP contribution in [-0.4, -0.2) is 99.3 Å². The van der Waals surface area contributed by atoms with Crippen LogP contribution in [0.5, 0.6) is 0 Å². The minimum atomic E-state index is -0.953. The number of carbonyl (C=O) groups is 1. The molecule has 1 spiro atoms. The molecule has 10 heteroatoms. The van der Waals surface area contributed by atoms with Gasteiger partial charge in [-0.3, -0.25) is 0 Å². The monoisotopic (exact) mass is 779 g/mol. The van der Waals surface area contributed by atoms with Gasteiger partial charge in [0.1, 0.15) is 6.10 Å². The third-order valence-corrected chi connectivity index (χ3v) is 12.9. The first-order valence-corrected chi connectivity index (χ1v) is 21.6. The lowest BCUT2D eigenvalue weighted by atomic mass is 9.78. The number of hydrogen-bond acceptors (Lipinski definition) is 10. The molecule has 3 aliphatic rings. The Morgan fingerprint density at radius 3 is 2.25 bits per heavy atom. The van der Waals surface area contributed by atoms with Crippen molar-refractivity contribution in [2.45, 2.75) is 199 Å². The third kappa shape index (κ3) is 14.9. The molecule has 0 aliphatic carbocycles. The normalized spacial score (nSPS) is 41.5. The number of fused-ring (bicyclic) bond motifs is 2. The first-order valence-electron chi connectivity index (χ1n) is 21.6. The van der Waals surface area contributed by atoms with Crippen LogP contribution >= 0.6 is 0 Å². The van der Waals surface area contributed by atoms with Gasteiger partial charge in [0.25, 0.3) is 0 Å². The standard InChI is InChI=1S/C45H78O10/c1-9-11-17-36-40-21-20-34(10-2)16-14-12-13-15-18-37(47)32(6)38(48)26-35(52-8)27-39(49)33(7)44(51)30(4)19-22-43(50)53-42(36)28-45(54-40)24-23-29(3)41(55-45)25-31(5)46/h12-14,16,19,22,29-42,44,46-49,51H,9-11,15,17-18,20-21,23-28H2,1-8H3/t29-,30-,31+,32+,33-,34-,35+,36+,37+,38-,39+,40-,41-,42-,44+,45-/m0/s1. The van der Waals surface area contributed by atoms with Gasteiger partial charge in [0.05, 0.1) is 48.8 Å². The highest BCUT2D eigenvalue weighted by Gasteiger charge is 2.52. The van der Waals surface area contributed by atoms with Gasteiger partial charge in [-0.25, -0.2) is 4.79 Å². The quantitative estimate of drug-likeness (QED) is 0.168. The van der Waals surface area contributed by atoms with E-state index in [1.807, 2.05) is 26.0 Å². The van der Waals surface area contributed by atoms with Crippen LogP contribution in [0, 0.1) is 35.5 Å². The molecular formula is C45H78O10. The fourth-order valence-electron chi connectivity index (χ4n) is 8.75. The maximum atomic E-state index is 13.6. The smallest absolute Gasteiger partial charge is 0.330 e. The number of aliphatic hydroxyl groups is 5. The highest BCUT2D eigenvalue weighted by Crippen LogP contribution is 2.47. The van der Waals surface area contributed by atoms with Crippen molar-refractivity contribution in [3.05, 3.63) is 36.5 Å². The van der Waals surface area contributed by atoms with E-state index in [9.17, 15) is 30.3 Å². The summed E-state index contributed by atoms with van der Waals surface area (Å²) in [6, 6.07) is 0. The van der Waals surface area contributed by atoms with Gasteiger partial charge in [0, 0.05) is 49.7 Å². The maximum absolute atomic E-state index is 13.6. The molecular weight excluding hydrogens is 700 g/mol. The van der Waals surface area contributed by atoms with E-state index in [1.165, 1.54) is 13.2 Å². The molecule has 0 amide bonds. The molecule has 0 aromatic carbocycles. The summed E-state index contributed by atoms with van der Waals surface area (Å²) in [5, 5.41) is 54.5. The lowest BCUT2D eigenvalue weighted by Crippen LogP contribution is -2.58. The third-order valence-electron chi connectivity index (χ3n) is 12.9. The molecule has 318 valence electrons. The number of allylic oxidation sites excluding steroid dienone is 4. The highest BCUT2D eigenvalue weighted by atomic mass is 16.7.